The molecule has 0 atom stereocenters. The minimum Gasteiger partial charge on any atom is -0.482 e. The second-order valence-corrected chi connectivity index (χ2v) is 6.15. The highest BCUT2D eigenvalue weighted by Gasteiger charge is 2.16. The molecule has 0 fully saturated rings. The van der Waals surface area contributed by atoms with Crippen molar-refractivity contribution in [3.63, 3.8) is 0 Å². The summed E-state index contributed by atoms with van der Waals surface area (Å²) < 4.78 is 5.07. The lowest BCUT2D eigenvalue weighted by atomic mass is 10.2. The van der Waals surface area contributed by atoms with E-state index in [0.717, 1.165) is 16.1 Å². The normalized spacial score (nSPS) is 10.3. The van der Waals surface area contributed by atoms with Crippen molar-refractivity contribution in [1.29, 1.82) is 0 Å². The van der Waals surface area contributed by atoms with Crippen LogP contribution in [0.4, 0.5) is 5.69 Å². The number of ether oxygens (including phenoxy) is 1. The van der Waals surface area contributed by atoms with Gasteiger partial charge in [-0.1, -0.05) is 0 Å². The Morgan fingerprint density at radius 3 is 2.36 bits per heavy atom. The summed E-state index contributed by atoms with van der Waals surface area (Å²) in [4.78, 5) is 26.3. The van der Waals surface area contributed by atoms with E-state index in [2.05, 4.69) is 0 Å². The number of carboxylic acids is 1. The molecule has 0 saturated carbocycles. The van der Waals surface area contributed by atoms with E-state index in [1.165, 1.54) is 11.3 Å². The third-order valence-electron chi connectivity index (χ3n) is 3.27. The topological polar surface area (TPSA) is 66.8 Å². The number of hydrogen-bond acceptors (Lipinski definition) is 4. The Balaban J connectivity index is 2.10. The number of hydrogen-bond donors (Lipinski definition) is 1. The molecule has 0 aliphatic rings. The monoisotopic (exact) mass is 319 g/mol. The van der Waals surface area contributed by atoms with E-state index in [-0.39, 0.29) is 12.5 Å². The van der Waals surface area contributed by atoms with Crippen molar-refractivity contribution < 1.29 is 19.4 Å². The predicted octanol–water partition coefficient (Wildman–Crippen LogP) is 3.10. The number of benzene rings is 1. The van der Waals surface area contributed by atoms with Crippen molar-refractivity contribution in [2.75, 3.05) is 18.6 Å². The van der Waals surface area contributed by atoms with E-state index >= 15 is 0 Å². The predicted molar refractivity (Wildman–Crippen MR) is 86.1 cm³/mol. The molecule has 116 valence electrons. The molecule has 22 heavy (non-hydrogen) atoms. The van der Waals surface area contributed by atoms with Crippen molar-refractivity contribution >= 4 is 28.9 Å². The molecule has 0 aliphatic carbocycles. The van der Waals surface area contributed by atoms with Crippen molar-refractivity contribution in [3.8, 4) is 5.75 Å². The van der Waals surface area contributed by atoms with Crippen LogP contribution in [0.1, 0.15) is 20.1 Å². The van der Waals surface area contributed by atoms with Crippen LogP contribution in [0.25, 0.3) is 0 Å². The molecule has 0 aliphatic heterocycles. The quantitative estimate of drug-likeness (QED) is 0.919. The standard InChI is InChI=1S/C16H17NO4S/c1-10-8-14(22-11(10)2)16(20)17(3)12-4-6-13(7-5-12)21-9-15(18)19/h4-8H,9H2,1-3H3,(H,18,19). The first kappa shape index (κ1) is 16.0. The number of rotatable bonds is 5. The number of carbonyl (C=O) groups excluding carboxylic acids is 1. The molecule has 6 heteroatoms. The average molecular weight is 319 g/mol. The molecule has 1 N–H and O–H groups in total. The Morgan fingerprint density at radius 2 is 1.86 bits per heavy atom. The van der Waals surface area contributed by atoms with Gasteiger partial charge in [0.05, 0.1) is 4.88 Å². The summed E-state index contributed by atoms with van der Waals surface area (Å²) in [5.41, 5.74) is 1.83. The van der Waals surface area contributed by atoms with E-state index in [0.29, 0.717) is 10.6 Å². The molecule has 1 heterocycles. The van der Waals surface area contributed by atoms with Crippen LogP contribution in [-0.2, 0) is 4.79 Å². The van der Waals surface area contributed by atoms with Gasteiger partial charge in [-0.25, -0.2) is 4.79 Å². The van der Waals surface area contributed by atoms with Crippen LogP contribution in [0.2, 0.25) is 0 Å². The van der Waals surface area contributed by atoms with E-state index in [4.69, 9.17) is 9.84 Å². The number of nitrogens with zero attached hydrogens (tertiary/aromatic N) is 1. The van der Waals surface area contributed by atoms with Gasteiger partial charge in [-0.3, -0.25) is 4.79 Å². The summed E-state index contributed by atoms with van der Waals surface area (Å²) in [6, 6.07) is 8.63. The van der Waals surface area contributed by atoms with Gasteiger partial charge >= 0.3 is 5.97 Å². The maximum atomic E-state index is 12.4. The largest absolute Gasteiger partial charge is 0.482 e. The lowest BCUT2D eigenvalue weighted by Crippen LogP contribution is -2.25. The van der Waals surface area contributed by atoms with Crippen LogP contribution >= 0.6 is 11.3 Å². The Morgan fingerprint density at radius 1 is 1.23 bits per heavy atom. The molecule has 1 amide bonds. The van der Waals surface area contributed by atoms with E-state index in [1.807, 2.05) is 19.9 Å². The molecular weight excluding hydrogens is 302 g/mol. The van der Waals surface area contributed by atoms with Crippen molar-refractivity contribution in [2.24, 2.45) is 0 Å². The molecule has 1 aromatic carbocycles. The third kappa shape index (κ3) is 3.65. The second-order valence-electron chi connectivity index (χ2n) is 4.89. The second kappa shape index (κ2) is 6.62. The molecular formula is C16H17NO4S. The zero-order valence-corrected chi connectivity index (χ0v) is 13.4. The zero-order chi connectivity index (χ0) is 16.3. The molecule has 1 aromatic heterocycles. The summed E-state index contributed by atoms with van der Waals surface area (Å²) in [5.74, 6) is -0.643. The average Bonchev–Trinajstić information content (AvgIpc) is 2.83. The molecule has 0 spiro atoms. The van der Waals surface area contributed by atoms with Crippen LogP contribution < -0.4 is 9.64 Å². The lowest BCUT2D eigenvalue weighted by molar-refractivity contribution is -0.139. The first-order valence-corrected chi connectivity index (χ1v) is 7.50. The SMILES string of the molecule is Cc1cc(C(=O)N(C)c2ccc(OCC(=O)O)cc2)sc1C. The van der Waals surface area contributed by atoms with Gasteiger partial charge in [-0.05, 0) is 49.7 Å². The number of amides is 1. The molecule has 0 unspecified atom stereocenters. The summed E-state index contributed by atoms with van der Waals surface area (Å²) in [7, 11) is 1.71. The van der Waals surface area contributed by atoms with Gasteiger partial charge in [-0.2, -0.15) is 0 Å². The Kier molecular flexibility index (Phi) is 4.82. The van der Waals surface area contributed by atoms with E-state index in [9.17, 15) is 9.59 Å². The molecule has 0 bridgehead atoms. The fourth-order valence-electron chi connectivity index (χ4n) is 1.87. The smallest absolute Gasteiger partial charge is 0.341 e. The minimum absolute atomic E-state index is 0.0691. The fourth-order valence-corrected chi connectivity index (χ4v) is 2.88. The highest BCUT2D eigenvalue weighted by atomic mass is 32.1. The van der Waals surface area contributed by atoms with Crippen LogP contribution in [0, 0.1) is 13.8 Å². The van der Waals surface area contributed by atoms with E-state index in [1.54, 1.807) is 36.2 Å². The Hall–Kier alpha value is -2.34. The van der Waals surface area contributed by atoms with Gasteiger partial charge in [0.25, 0.3) is 5.91 Å². The molecule has 2 aromatic rings. The third-order valence-corrected chi connectivity index (χ3v) is 4.41. The van der Waals surface area contributed by atoms with Gasteiger partial charge in [0.2, 0.25) is 0 Å². The minimum atomic E-state index is -1.03. The Labute approximate surface area is 132 Å². The number of aryl methyl sites for hydroxylation is 2. The van der Waals surface area contributed by atoms with Crippen molar-refractivity contribution in [1.82, 2.24) is 0 Å². The molecule has 0 radical (unpaired) electrons. The van der Waals surface area contributed by atoms with Gasteiger partial charge < -0.3 is 14.7 Å². The zero-order valence-electron chi connectivity index (χ0n) is 12.6. The van der Waals surface area contributed by atoms with Crippen LogP contribution in [-0.4, -0.2) is 30.6 Å². The van der Waals surface area contributed by atoms with Gasteiger partial charge in [0.1, 0.15) is 5.75 Å². The lowest BCUT2D eigenvalue weighted by Gasteiger charge is -2.16. The number of carboxylic acid groups (broad SMARTS) is 1. The highest BCUT2D eigenvalue weighted by Crippen LogP contribution is 2.25. The molecule has 5 nitrogen and oxygen atoms in total. The maximum absolute atomic E-state index is 12.4. The number of thiophene rings is 1. The van der Waals surface area contributed by atoms with Crippen LogP contribution in [0.3, 0.4) is 0 Å². The Bertz CT molecular complexity index is 671. The molecule has 0 saturated heterocycles. The summed E-state index contributed by atoms with van der Waals surface area (Å²) in [5, 5.41) is 8.56. The summed E-state index contributed by atoms with van der Waals surface area (Å²) in [6.45, 7) is 3.59. The van der Waals surface area contributed by atoms with Crippen molar-refractivity contribution in [2.45, 2.75) is 13.8 Å². The fraction of sp³-hybridized carbons (Fsp3) is 0.250. The van der Waals surface area contributed by atoms with E-state index < -0.39 is 5.97 Å². The number of aliphatic carboxylic acids is 1. The summed E-state index contributed by atoms with van der Waals surface area (Å²) in [6.07, 6.45) is 0. The molecule has 2 rings (SSSR count). The maximum Gasteiger partial charge on any atom is 0.341 e. The van der Waals surface area contributed by atoms with Crippen LogP contribution in [0.15, 0.2) is 30.3 Å². The highest BCUT2D eigenvalue weighted by molar-refractivity contribution is 7.14. The number of carbonyl (C=O) groups is 2. The van der Waals surface area contributed by atoms with Gasteiger partial charge in [-0.15, -0.1) is 11.3 Å². The van der Waals surface area contributed by atoms with Crippen LogP contribution in [0.5, 0.6) is 5.75 Å². The number of anilines is 1. The van der Waals surface area contributed by atoms with Crippen molar-refractivity contribution in [3.05, 3.63) is 45.6 Å². The first-order chi connectivity index (χ1) is 10.4. The first-order valence-electron chi connectivity index (χ1n) is 6.68. The van der Waals surface area contributed by atoms with Gasteiger partial charge in [0.15, 0.2) is 6.61 Å². The van der Waals surface area contributed by atoms with Gasteiger partial charge in [0, 0.05) is 17.6 Å². The summed E-state index contributed by atoms with van der Waals surface area (Å²) >= 11 is 1.48.